The van der Waals surface area contributed by atoms with Crippen LogP contribution in [0.25, 0.3) is 0 Å². The average Bonchev–Trinajstić information content (AvgIpc) is 3.51. The number of nitrogens with one attached hydrogen (secondary N) is 1. The van der Waals surface area contributed by atoms with Gasteiger partial charge in [0.15, 0.2) is 17.4 Å². The summed E-state index contributed by atoms with van der Waals surface area (Å²) in [5.41, 5.74) is -5.30. The van der Waals surface area contributed by atoms with Crippen molar-refractivity contribution in [3.63, 3.8) is 0 Å². The number of ketones is 2. The van der Waals surface area contributed by atoms with E-state index in [1.807, 2.05) is 0 Å². The Morgan fingerprint density at radius 1 is 0.841 bits per heavy atom. The molecule has 0 heterocycles. The summed E-state index contributed by atoms with van der Waals surface area (Å²) in [5.74, 6) is -15.0. The van der Waals surface area contributed by atoms with E-state index < -0.39 is 116 Å². The van der Waals surface area contributed by atoms with Gasteiger partial charge in [-0.05, 0) is 35.4 Å². The molecule has 1 fully saturated rings. The number of amides is 1. The molecule has 3 aromatic carbocycles. The highest BCUT2D eigenvalue weighted by Gasteiger charge is 2.67. The molecule has 1 amide bonds. The molecule has 3 aromatic rings. The van der Waals surface area contributed by atoms with Crippen molar-refractivity contribution in [2.24, 2.45) is 5.92 Å². The number of benzene rings is 3. The molecule has 0 radical (unpaired) electrons. The highest BCUT2D eigenvalue weighted by atomic mass is 35.5. The van der Waals surface area contributed by atoms with Crippen molar-refractivity contribution in [1.82, 2.24) is 0 Å². The van der Waals surface area contributed by atoms with Gasteiger partial charge in [-0.3, -0.25) is 14.4 Å². The van der Waals surface area contributed by atoms with Crippen molar-refractivity contribution in [2.45, 2.75) is 35.7 Å². The lowest BCUT2D eigenvalue weighted by Gasteiger charge is -2.12. The molecular weight excluding hydrogens is 659 g/mol. The van der Waals surface area contributed by atoms with Gasteiger partial charge in [0, 0.05) is 36.1 Å². The van der Waals surface area contributed by atoms with E-state index in [2.05, 4.69) is 5.32 Å². The van der Waals surface area contributed by atoms with Crippen LogP contribution < -0.4 is 5.32 Å². The monoisotopic (exact) mass is 673 g/mol. The van der Waals surface area contributed by atoms with E-state index in [0.717, 1.165) is 6.07 Å². The number of carbonyl (C=O) groups excluding carboxylic acids is 3. The molecule has 0 spiro atoms. The molecular formula is C28H15Cl2F10NO3. The first-order chi connectivity index (χ1) is 20.3. The molecule has 4 rings (SSSR count). The Balaban J connectivity index is 1.57. The van der Waals surface area contributed by atoms with Gasteiger partial charge in [-0.15, -0.1) is 23.2 Å². The van der Waals surface area contributed by atoms with Crippen LogP contribution in [0.1, 0.15) is 38.5 Å². The minimum atomic E-state index is -5.08. The van der Waals surface area contributed by atoms with Crippen LogP contribution in [0.3, 0.4) is 0 Å². The third-order valence-corrected chi connectivity index (χ3v) is 7.74. The van der Waals surface area contributed by atoms with E-state index >= 15 is 0 Å². The second-order valence-electron chi connectivity index (χ2n) is 9.72. The van der Waals surface area contributed by atoms with Crippen LogP contribution in [0.4, 0.5) is 49.6 Å². The summed E-state index contributed by atoms with van der Waals surface area (Å²) >= 11 is 12.2. The third-order valence-electron chi connectivity index (χ3n) is 6.80. The lowest BCUT2D eigenvalue weighted by molar-refractivity contribution is -0.140. The summed E-state index contributed by atoms with van der Waals surface area (Å²) in [5, 5.41) is 2.09. The molecule has 1 saturated carbocycles. The molecule has 1 aliphatic rings. The Morgan fingerprint density at radius 2 is 1.48 bits per heavy atom. The fourth-order valence-electron chi connectivity index (χ4n) is 4.57. The first-order valence-electron chi connectivity index (χ1n) is 12.2. The van der Waals surface area contributed by atoms with Gasteiger partial charge in [0.25, 0.3) is 6.43 Å². The number of hydrogen-bond acceptors (Lipinski definition) is 3. The van der Waals surface area contributed by atoms with Crippen LogP contribution in [0.5, 0.6) is 0 Å². The van der Waals surface area contributed by atoms with Crippen molar-refractivity contribution in [3.8, 4) is 0 Å². The summed E-state index contributed by atoms with van der Waals surface area (Å²) in [7, 11) is 0. The number of hydrogen-bond donors (Lipinski definition) is 1. The molecule has 0 unspecified atom stereocenters. The predicted octanol–water partition coefficient (Wildman–Crippen LogP) is 7.73. The van der Waals surface area contributed by atoms with Crippen LogP contribution in [0, 0.1) is 35.0 Å². The summed E-state index contributed by atoms with van der Waals surface area (Å²) < 4.78 is 134. The van der Waals surface area contributed by atoms with Crippen molar-refractivity contribution in [1.29, 1.82) is 0 Å². The predicted molar refractivity (Wildman–Crippen MR) is 136 cm³/mol. The number of anilines is 1. The molecule has 4 nitrogen and oxygen atoms in total. The quantitative estimate of drug-likeness (QED) is 0.144. The third kappa shape index (κ3) is 6.55. The normalized spacial score (nSPS) is 17.5. The number of halogens is 12. The van der Waals surface area contributed by atoms with Crippen LogP contribution >= 0.6 is 23.2 Å². The van der Waals surface area contributed by atoms with Gasteiger partial charge in [-0.25, -0.2) is 30.7 Å². The lowest BCUT2D eigenvalue weighted by atomic mass is 9.97. The molecule has 44 heavy (non-hydrogen) atoms. The first-order valence-corrected chi connectivity index (χ1v) is 12.9. The Hall–Kier alpha value is -3.65. The summed E-state index contributed by atoms with van der Waals surface area (Å²) in [6.07, 6.45) is -10.9. The number of carbonyl (C=O) groups is 3. The van der Waals surface area contributed by atoms with Gasteiger partial charge in [0.05, 0.1) is 17.0 Å². The fourth-order valence-corrected chi connectivity index (χ4v) is 5.40. The standard InChI is InChI=1S/C28H15Cl2F10NO3/c29-27(30)21(10-1-4-17(32)15(5-10)28(38,39)40)22(27)26(44)41-12-7-14(24(35)18(33)8-12)19(42)9-13-16(31)3-2-11(23(13)34)6-20(43)25(36)37/h1-5,7-8,21-22,25H,6,9H2,(H,41,44)/t21-,22+/m0/s1. The topological polar surface area (TPSA) is 63.2 Å². The van der Waals surface area contributed by atoms with Gasteiger partial charge in [0.2, 0.25) is 11.7 Å². The Labute approximate surface area is 250 Å². The van der Waals surface area contributed by atoms with Gasteiger partial charge in [-0.2, -0.15) is 13.2 Å². The second-order valence-corrected chi connectivity index (χ2v) is 11.2. The second kappa shape index (κ2) is 12.0. The first kappa shape index (κ1) is 33.2. The van der Waals surface area contributed by atoms with Gasteiger partial charge in [0.1, 0.15) is 21.8 Å². The zero-order chi connectivity index (χ0) is 32.9. The van der Waals surface area contributed by atoms with Gasteiger partial charge < -0.3 is 5.32 Å². The minimum Gasteiger partial charge on any atom is -0.326 e. The highest BCUT2D eigenvalue weighted by Crippen LogP contribution is 2.65. The van der Waals surface area contributed by atoms with Crippen molar-refractivity contribution >= 4 is 46.4 Å². The maximum absolute atomic E-state index is 14.8. The zero-order valence-electron chi connectivity index (χ0n) is 21.4. The molecule has 0 bridgehead atoms. The van der Waals surface area contributed by atoms with Crippen LogP contribution in [0.15, 0.2) is 42.5 Å². The summed E-state index contributed by atoms with van der Waals surface area (Å²) in [4.78, 5) is 37.0. The SMILES string of the molecule is O=C(Cc1c(F)ccc(CC(=O)C(F)F)c1F)c1cc(NC(=O)[C@H]2[C@H](c3ccc(F)c(C(F)(F)F)c3)C2(Cl)Cl)cc(F)c1F. The fraction of sp³-hybridized carbons (Fsp3) is 0.250. The number of rotatable bonds is 9. The average molecular weight is 674 g/mol. The lowest BCUT2D eigenvalue weighted by Crippen LogP contribution is -2.19. The number of alkyl halides is 7. The molecule has 0 saturated heterocycles. The van der Waals surface area contributed by atoms with Gasteiger partial charge >= 0.3 is 6.18 Å². The van der Waals surface area contributed by atoms with Crippen molar-refractivity contribution < 1.29 is 58.3 Å². The van der Waals surface area contributed by atoms with E-state index in [1.165, 1.54) is 0 Å². The summed E-state index contributed by atoms with van der Waals surface area (Å²) in [6, 6.07) is 4.14. The van der Waals surface area contributed by atoms with E-state index in [1.54, 1.807) is 0 Å². The van der Waals surface area contributed by atoms with Gasteiger partial charge in [-0.1, -0.05) is 12.1 Å². The van der Waals surface area contributed by atoms with E-state index in [-0.39, 0.29) is 5.56 Å². The van der Waals surface area contributed by atoms with E-state index in [0.29, 0.717) is 36.4 Å². The van der Waals surface area contributed by atoms with Crippen molar-refractivity contribution in [3.05, 3.63) is 99.4 Å². The maximum Gasteiger partial charge on any atom is 0.419 e. The Bertz CT molecular complexity index is 1680. The van der Waals surface area contributed by atoms with E-state index in [4.69, 9.17) is 23.2 Å². The molecule has 2 atom stereocenters. The maximum atomic E-state index is 14.8. The van der Waals surface area contributed by atoms with Crippen LogP contribution in [-0.4, -0.2) is 28.2 Å². The smallest absolute Gasteiger partial charge is 0.326 e. The molecule has 0 aromatic heterocycles. The Kier molecular flexibility index (Phi) is 9.09. The highest BCUT2D eigenvalue weighted by molar-refractivity contribution is 6.53. The van der Waals surface area contributed by atoms with E-state index in [9.17, 15) is 58.3 Å². The summed E-state index contributed by atoms with van der Waals surface area (Å²) in [6.45, 7) is 0. The van der Waals surface area contributed by atoms with Crippen molar-refractivity contribution in [2.75, 3.05) is 5.32 Å². The molecule has 234 valence electrons. The Morgan fingerprint density at radius 3 is 2.09 bits per heavy atom. The number of Topliss-reactive ketones (excluding diaryl/α,β-unsaturated/α-hetero) is 2. The molecule has 1 N–H and O–H groups in total. The molecule has 16 heteroatoms. The van der Waals surface area contributed by atoms with Crippen LogP contribution in [-0.2, 0) is 28.6 Å². The largest absolute Gasteiger partial charge is 0.419 e. The zero-order valence-corrected chi connectivity index (χ0v) is 23.0. The molecule has 1 aliphatic carbocycles. The van der Waals surface area contributed by atoms with Crippen LogP contribution in [0.2, 0.25) is 0 Å². The molecule has 0 aliphatic heterocycles. The minimum absolute atomic E-state index is 0.258.